The van der Waals surface area contributed by atoms with E-state index in [4.69, 9.17) is 4.74 Å². The van der Waals surface area contributed by atoms with Gasteiger partial charge in [-0.1, -0.05) is 38.3 Å². The molecule has 2 aromatic rings. The van der Waals surface area contributed by atoms with E-state index in [1.54, 1.807) is 0 Å². The summed E-state index contributed by atoms with van der Waals surface area (Å²) in [5.41, 5.74) is 1.97. The van der Waals surface area contributed by atoms with Crippen molar-refractivity contribution < 1.29 is 19.7 Å². The predicted octanol–water partition coefficient (Wildman–Crippen LogP) is 6.24. The summed E-state index contributed by atoms with van der Waals surface area (Å²) in [6.45, 7) is 5.88. The Morgan fingerprint density at radius 2 is 1.88 bits per heavy atom. The molecule has 0 saturated carbocycles. The third-order valence-electron chi connectivity index (χ3n) is 6.30. The van der Waals surface area contributed by atoms with Crippen molar-refractivity contribution in [2.24, 2.45) is 0 Å². The molecule has 6 heteroatoms. The summed E-state index contributed by atoms with van der Waals surface area (Å²) in [4.78, 5) is 16.0. The molecule has 2 heterocycles. The van der Waals surface area contributed by atoms with Gasteiger partial charge in [-0.3, -0.25) is 0 Å². The molecule has 0 aliphatic carbocycles. The minimum Gasteiger partial charge on any atom is -0.459 e. The second-order valence-corrected chi connectivity index (χ2v) is 10.5. The summed E-state index contributed by atoms with van der Waals surface area (Å²) < 4.78 is 5.28. The number of ether oxygens (including phenoxy) is 1. The smallest absolute Gasteiger partial charge is 0.348 e. The number of hydrogen-bond acceptors (Lipinski definition) is 6. The van der Waals surface area contributed by atoms with Crippen molar-refractivity contribution in [2.75, 3.05) is 4.90 Å². The zero-order chi connectivity index (χ0) is 23.8. The highest BCUT2D eigenvalue weighted by Gasteiger charge is 2.31. The van der Waals surface area contributed by atoms with Crippen LogP contribution in [0.15, 0.2) is 36.4 Å². The summed E-state index contributed by atoms with van der Waals surface area (Å²) in [7, 11) is 0. The van der Waals surface area contributed by atoms with Crippen molar-refractivity contribution >= 4 is 23.0 Å². The van der Waals surface area contributed by atoms with Gasteiger partial charge in [0.15, 0.2) is 0 Å². The van der Waals surface area contributed by atoms with Crippen molar-refractivity contribution in [1.82, 2.24) is 0 Å². The van der Waals surface area contributed by atoms with Crippen LogP contribution in [0.1, 0.15) is 98.4 Å². The van der Waals surface area contributed by atoms with Gasteiger partial charge in [-0.05, 0) is 82.2 Å². The summed E-state index contributed by atoms with van der Waals surface area (Å²) in [6, 6.07) is 12.2. The van der Waals surface area contributed by atoms with Crippen molar-refractivity contribution in [3.05, 3.63) is 51.7 Å². The molecule has 1 aliphatic heterocycles. The molecule has 182 valence electrons. The number of carbonyl (C=O) groups is 1. The molecule has 0 amide bonds. The topological polar surface area (TPSA) is 70.0 Å². The summed E-state index contributed by atoms with van der Waals surface area (Å²) in [5.74, 6) is -0.245. The van der Waals surface area contributed by atoms with Gasteiger partial charge in [-0.2, -0.15) is 0 Å². The van der Waals surface area contributed by atoms with E-state index in [0.717, 1.165) is 69.0 Å². The van der Waals surface area contributed by atoms with Gasteiger partial charge in [0.2, 0.25) is 0 Å². The number of esters is 1. The maximum atomic E-state index is 12.1. The number of thiophene rings is 1. The molecule has 1 saturated heterocycles. The van der Waals surface area contributed by atoms with Crippen LogP contribution in [0.3, 0.4) is 0 Å². The predicted molar refractivity (Wildman–Crippen MR) is 135 cm³/mol. The number of carbonyl (C=O) groups excluding carboxylic acids is 1. The normalized spacial score (nSPS) is 19.3. The molecule has 0 bridgehead atoms. The minimum absolute atomic E-state index is 0.110. The highest BCUT2D eigenvalue weighted by molar-refractivity contribution is 7.13. The molecule has 3 rings (SSSR count). The molecule has 1 unspecified atom stereocenters. The third kappa shape index (κ3) is 7.29. The SMILES string of the molecule is CCCCC[C@H](O)c1ccc(N2C(O)CC[C@@H]2CCCc2ccc(C(=O)OC(C)C)s2)cc1. The van der Waals surface area contributed by atoms with Crippen LogP contribution in [-0.2, 0) is 11.2 Å². The van der Waals surface area contributed by atoms with E-state index in [1.165, 1.54) is 16.2 Å². The molecular weight excluding hydrogens is 434 g/mol. The van der Waals surface area contributed by atoms with Crippen LogP contribution >= 0.6 is 11.3 Å². The van der Waals surface area contributed by atoms with Crippen LogP contribution in [0.25, 0.3) is 0 Å². The van der Waals surface area contributed by atoms with Gasteiger partial charge >= 0.3 is 5.97 Å². The van der Waals surface area contributed by atoms with Gasteiger partial charge in [-0.25, -0.2) is 4.79 Å². The lowest BCUT2D eigenvalue weighted by Gasteiger charge is -2.30. The second-order valence-electron chi connectivity index (χ2n) is 9.33. The first-order valence-electron chi connectivity index (χ1n) is 12.4. The van der Waals surface area contributed by atoms with Gasteiger partial charge in [0, 0.05) is 16.6 Å². The van der Waals surface area contributed by atoms with Gasteiger partial charge in [0.05, 0.1) is 12.2 Å². The average molecular weight is 474 g/mol. The van der Waals surface area contributed by atoms with E-state index in [9.17, 15) is 15.0 Å². The number of aliphatic hydroxyl groups is 2. The van der Waals surface area contributed by atoms with Gasteiger partial charge in [0.25, 0.3) is 0 Å². The molecule has 0 spiro atoms. The first-order valence-corrected chi connectivity index (χ1v) is 13.2. The van der Waals surface area contributed by atoms with Gasteiger partial charge in [-0.15, -0.1) is 11.3 Å². The number of nitrogens with zero attached hydrogens (tertiary/aromatic N) is 1. The van der Waals surface area contributed by atoms with Crippen molar-refractivity contribution in [3.8, 4) is 0 Å². The van der Waals surface area contributed by atoms with E-state index < -0.39 is 12.3 Å². The summed E-state index contributed by atoms with van der Waals surface area (Å²) in [5, 5.41) is 21.0. The zero-order valence-corrected chi connectivity index (χ0v) is 21.0. The van der Waals surface area contributed by atoms with E-state index >= 15 is 0 Å². The van der Waals surface area contributed by atoms with Crippen LogP contribution in [-0.4, -0.2) is 34.6 Å². The lowest BCUT2D eigenvalue weighted by molar-refractivity contribution is 0.0384. The maximum absolute atomic E-state index is 12.1. The van der Waals surface area contributed by atoms with Crippen LogP contribution in [0, 0.1) is 0 Å². The average Bonchev–Trinajstić information content (AvgIpc) is 3.40. The molecule has 2 N–H and O–H groups in total. The van der Waals surface area contributed by atoms with E-state index in [-0.39, 0.29) is 12.1 Å². The Morgan fingerprint density at radius 1 is 1.12 bits per heavy atom. The fraction of sp³-hybridized carbons (Fsp3) is 0.593. The number of unbranched alkanes of at least 4 members (excludes halogenated alkanes) is 2. The van der Waals surface area contributed by atoms with E-state index in [0.29, 0.717) is 10.9 Å². The van der Waals surface area contributed by atoms with Crippen LogP contribution in [0.5, 0.6) is 0 Å². The molecule has 1 aliphatic rings. The summed E-state index contributed by atoms with van der Waals surface area (Å²) in [6.07, 6.45) is 7.79. The Morgan fingerprint density at radius 3 is 2.58 bits per heavy atom. The van der Waals surface area contributed by atoms with Crippen molar-refractivity contribution in [3.63, 3.8) is 0 Å². The van der Waals surface area contributed by atoms with Crippen molar-refractivity contribution in [2.45, 2.75) is 103 Å². The Balaban J connectivity index is 1.53. The second kappa shape index (κ2) is 12.5. The first-order chi connectivity index (χ1) is 15.9. The Hall–Kier alpha value is -1.89. The van der Waals surface area contributed by atoms with Gasteiger partial charge in [0.1, 0.15) is 11.1 Å². The quantitative estimate of drug-likeness (QED) is 0.282. The molecule has 33 heavy (non-hydrogen) atoms. The molecule has 3 atom stereocenters. The number of anilines is 1. The molecule has 1 fully saturated rings. The number of hydrogen-bond donors (Lipinski definition) is 2. The van der Waals surface area contributed by atoms with E-state index in [1.807, 2.05) is 50.2 Å². The Kier molecular flexibility index (Phi) is 9.78. The maximum Gasteiger partial charge on any atom is 0.348 e. The fourth-order valence-corrected chi connectivity index (χ4v) is 5.49. The lowest BCUT2D eigenvalue weighted by Crippen LogP contribution is -2.36. The molecule has 1 aromatic heterocycles. The van der Waals surface area contributed by atoms with Crippen molar-refractivity contribution in [1.29, 1.82) is 0 Å². The molecule has 1 aromatic carbocycles. The van der Waals surface area contributed by atoms with E-state index in [2.05, 4.69) is 11.8 Å². The lowest BCUT2D eigenvalue weighted by atomic mass is 10.0. The number of rotatable bonds is 12. The van der Waals surface area contributed by atoms with Crippen LogP contribution in [0.4, 0.5) is 5.69 Å². The third-order valence-corrected chi connectivity index (χ3v) is 7.42. The number of aryl methyl sites for hydroxylation is 1. The number of aliphatic hydroxyl groups excluding tert-OH is 2. The molecule has 0 radical (unpaired) electrons. The van der Waals surface area contributed by atoms with Crippen LogP contribution in [0.2, 0.25) is 0 Å². The highest BCUT2D eigenvalue weighted by atomic mass is 32.1. The van der Waals surface area contributed by atoms with Crippen LogP contribution < -0.4 is 4.90 Å². The monoisotopic (exact) mass is 473 g/mol. The minimum atomic E-state index is -0.463. The summed E-state index contributed by atoms with van der Waals surface area (Å²) >= 11 is 1.51. The number of benzene rings is 1. The Bertz CT molecular complexity index is 863. The standard InChI is InChI=1S/C27H39NO4S/c1-4-5-6-10-24(29)20-11-13-22(14-12-20)28-21(15-18-26(28)30)8-7-9-23-16-17-25(33-23)27(31)32-19(2)3/h11-14,16-17,19,21,24,26,29-30H,4-10,15,18H2,1-3H3/t21-,24-,26?/m0/s1. The Labute approximate surface area is 202 Å². The molecular formula is C27H39NO4S. The largest absolute Gasteiger partial charge is 0.459 e. The first kappa shape index (κ1) is 25.7. The van der Waals surface area contributed by atoms with Gasteiger partial charge < -0.3 is 19.8 Å². The highest BCUT2D eigenvalue weighted by Crippen LogP contribution is 2.33. The molecule has 5 nitrogen and oxygen atoms in total. The fourth-order valence-electron chi connectivity index (χ4n) is 4.56. The zero-order valence-electron chi connectivity index (χ0n) is 20.2.